The number of rotatable bonds is 5. The topological polar surface area (TPSA) is 67.3 Å². The van der Waals surface area contributed by atoms with Gasteiger partial charge in [0.1, 0.15) is 12.1 Å². The number of hydrogen-bond acceptors (Lipinski definition) is 5. The van der Waals surface area contributed by atoms with Crippen LogP contribution in [-0.2, 0) is 0 Å². The van der Waals surface area contributed by atoms with E-state index in [9.17, 15) is 5.11 Å². The first-order valence-electron chi connectivity index (χ1n) is 7.85. The minimum absolute atomic E-state index is 0.246. The third-order valence-electron chi connectivity index (χ3n) is 4.10. The molecular weight excluding hydrogens is 314 g/mol. The van der Waals surface area contributed by atoms with Crippen molar-refractivity contribution in [3.05, 3.63) is 41.8 Å². The highest BCUT2D eigenvalue weighted by molar-refractivity contribution is 6.30. The van der Waals surface area contributed by atoms with E-state index < -0.39 is 0 Å². The molecule has 2 aromatic rings. The van der Waals surface area contributed by atoms with E-state index in [1.165, 1.54) is 6.33 Å². The van der Waals surface area contributed by atoms with Crippen molar-refractivity contribution in [3.63, 3.8) is 0 Å². The first kappa shape index (κ1) is 16.0. The van der Waals surface area contributed by atoms with E-state index in [1.54, 1.807) is 18.3 Å². The van der Waals surface area contributed by atoms with Gasteiger partial charge in [-0.05, 0) is 49.4 Å². The zero-order valence-electron chi connectivity index (χ0n) is 12.8. The summed E-state index contributed by atoms with van der Waals surface area (Å²) in [5, 5.41) is 13.5. The maximum Gasteiger partial charge on any atom is 0.187 e. The van der Waals surface area contributed by atoms with Gasteiger partial charge < -0.3 is 15.2 Å². The number of hydrogen-bond donors (Lipinski definition) is 2. The van der Waals surface area contributed by atoms with Gasteiger partial charge >= 0.3 is 0 Å². The number of anilines is 1. The summed E-state index contributed by atoms with van der Waals surface area (Å²) in [6.45, 7) is 0.246. The monoisotopic (exact) mass is 333 g/mol. The van der Waals surface area contributed by atoms with Crippen molar-refractivity contribution >= 4 is 17.4 Å². The third-order valence-corrected chi connectivity index (χ3v) is 4.35. The minimum Gasteiger partial charge on any atom is -0.452 e. The summed E-state index contributed by atoms with van der Waals surface area (Å²) in [4.78, 5) is 8.34. The average Bonchev–Trinajstić information content (AvgIpc) is 2.59. The van der Waals surface area contributed by atoms with Crippen molar-refractivity contribution in [3.8, 4) is 11.5 Å². The van der Waals surface area contributed by atoms with Gasteiger partial charge in [0.25, 0.3) is 0 Å². The number of benzene rings is 1. The lowest BCUT2D eigenvalue weighted by Gasteiger charge is -2.29. The van der Waals surface area contributed by atoms with Crippen molar-refractivity contribution in [2.45, 2.75) is 31.7 Å². The second-order valence-corrected chi connectivity index (χ2v) is 6.28. The molecule has 122 valence electrons. The Morgan fingerprint density at radius 3 is 2.87 bits per heavy atom. The Morgan fingerprint density at radius 2 is 2.09 bits per heavy atom. The number of aliphatic hydroxyl groups is 1. The van der Waals surface area contributed by atoms with Gasteiger partial charge in [0.2, 0.25) is 0 Å². The molecule has 2 atom stereocenters. The van der Waals surface area contributed by atoms with E-state index in [0.717, 1.165) is 25.7 Å². The van der Waals surface area contributed by atoms with E-state index in [1.807, 2.05) is 12.1 Å². The van der Waals surface area contributed by atoms with Crippen molar-refractivity contribution in [2.24, 2.45) is 5.92 Å². The fraction of sp³-hybridized carbons (Fsp3) is 0.412. The molecule has 0 unspecified atom stereocenters. The van der Waals surface area contributed by atoms with Crippen LogP contribution < -0.4 is 10.1 Å². The Balaban J connectivity index is 1.71. The molecule has 0 aliphatic heterocycles. The van der Waals surface area contributed by atoms with E-state index >= 15 is 0 Å². The molecule has 3 rings (SSSR count). The molecule has 1 aliphatic carbocycles. The summed E-state index contributed by atoms with van der Waals surface area (Å²) < 4.78 is 5.86. The predicted octanol–water partition coefficient (Wildman–Crippen LogP) is 3.89. The number of nitrogens with zero attached hydrogens (tertiary/aromatic N) is 2. The molecule has 0 bridgehead atoms. The second kappa shape index (κ2) is 7.62. The molecule has 5 nitrogen and oxygen atoms in total. The summed E-state index contributed by atoms with van der Waals surface area (Å²) in [6.07, 6.45) is 7.37. The van der Waals surface area contributed by atoms with Crippen LogP contribution in [0.15, 0.2) is 36.8 Å². The highest BCUT2D eigenvalue weighted by Crippen LogP contribution is 2.31. The highest BCUT2D eigenvalue weighted by Gasteiger charge is 2.22. The Bertz CT molecular complexity index is 636. The Morgan fingerprint density at radius 1 is 1.26 bits per heavy atom. The van der Waals surface area contributed by atoms with Gasteiger partial charge in [0.05, 0.1) is 6.20 Å². The molecule has 1 aliphatic rings. The van der Waals surface area contributed by atoms with Gasteiger partial charge in [0.15, 0.2) is 11.6 Å². The third kappa shape index (κ3) is 4.33. The van der Waals surface area contributed by atoms with Crippen molar-refractivity contribution in [2.75, 3.05) is 11.9 Å². The Labute approximate surface area is 140 Å². The van der Waals surface area contributed by atoms with Gasteiger partial charge in [-0.15, -0.1) is 0 Å². The first-order valence-corrected chi connectivity index (χ1v) is 8.23. The highest BCUT2D eigenvalue weighted by atomic mass is 35.5. The molecule has 2 N–H and O–H groups in total. The van der Waals surface area contributed by atoms with Crippen LogP contribution >= 0.6 is 11.6 Å². The summed E-state index contributed by atoms with van der Waals surface area (Å²) in [6, 6.07) is 7.47. The van der Waals surface area contributed by atoms with Gasteiger partial charge in [-0.3, -0.25) is 0 Å². The van der Waals surface area contributed by atoms with Crippen LogP contribution in [0.1, 0.15) is 25.7 Å². The number of aliphatic hydroxyl groups excluding tert-OH is 1. The Kier molecular flexibility index (Phi) is 5.31. The van der Waals surface area contributed by atoms with Crippen molar-refractivity contribution in [1.82, 2.24) is 9.97 Å². The summed E-state index contributed by atoms with van der Waals surface area (Å²) in [5.41, 5.74) is 0. The van der Waals surface area contributed by atoms with Crippen LogP contribution in [0.5, 0.6) is 11.5 Å². The lowest BCUT2D eigenvalue weighted by atomic mass is 9.86. The summed E-state index contributed by atoms with van der Waals surface area (Å²) >= 11 is 5.89. The van der Waals surface area contributed by atoms with E-state index in [2.05, 4.69) is 15.3 Å². The zero-order chi connectivity index (χ0) is 16.1. The molecule has 0 amide bonds. The molecule has 0 saturated heterocycles. The maximum absolute atomic E-state index is 9.36. The SMILES string of the molecule is OC[C@H]1CCC[C@H](Nc2ncncc2Oc2ccc(Cl)cc2)C1. The molecule has 1 fully saturated rings. The fourth-order valence-corrected chi connectivity index (χ4v) is 3.04. The normalized spacial score (nSPS) is 21.0. The number of ether oxygens (including phenoxy) is 1. The van der Waals surface area contributed by atoms with Gasteiger partial charge in [0, 0.05) is 17.7 Å². The van der Waals surface area contributed by atoms with Crippen LogP contribution in [0.25, 0.3) is 0 Å². The van der Waals surface area contributed by atoms with Crippen LogP contribution in [0.4, 0.5) is 5.82 Å². The maximum atomic E-state index is 9.36. The molecule has 6 heteroatoms. The molecule has 1 aromatic heterocycles. The zero-order valence-corrected chi connectivity index (χ0v) is 13.5. The Hall–Kier alpha value is -1.85. The van der Waals surface area contributed by atoms with Gasteiger partial charge in [-0.2, -0.15) is 0 Å². The van der Waals surface area contributed by atoms with Crippen LogP contribution in [0, 0.1) is 5.92 Å². The molecule has 1 saturated carbocycles. The number of nitrogens with one attached hydrogen (secondary N) is 1. The van der Waals surface area contributed by atoms with E-state index in [0.29, 0.717) is 34.3 Å². The van der Waals surface area contributed by atoms with Crippen LogP contribution in [-0.4, -0.2) is 27.7 Å². The molecule has 0 radical (unpaired) electrons. The summed E-state index contributed by atoms with van der Waals surface area (Å²) in [5.74, 6) is 2.31. The molecule has 1 heterocycles. The molecule has 23 heavy (non-hydrogen) atoms. The number of halogens is 1. The smallest absolute Gasteiger partial charge is 0.187 e. The quantitative estimate of drug-likeness (QED) is 0.869. The van der Waals surface area contributed by atoms with E-state index in [-0.39, 0.29) is 6.61 Å². The molecule has 1 aromatic carbocycles. The molecular formula is C17H20ClN3O2. The minimum atomic E-state index is 0.246. The van der Waals surface area contributed by atoms with Gasteiger partial charge in [-0.1, -0.05) is 18.0 Å². The van der Waals surface area contributed by atoms with Crippen LogP contribution in [0.2, 0.25) is 5.02 Å². The predicted molar refractivity (Wildman–Crippen MR) is 90.0 cm³/mol. The largest absolute Gasteiger partial charge is 0.452 e. The average molecular weight is 334 g/mol. The number of aromatic nitrogens is 2. The lowest BCUT2D eigenvalue weighted by molar-refractivity contribution is 0.184. The first-order chi connectivity index (χ1) is 11.2. The van der Waals surface area contributed by atoms with Gasteiger partial charge in [-0.25, -0.2) is 9.97 Å². The molecule has 0 spiro atoms. The summed E-state index contributed by atoms with van der Waals surface area (Å²) in [7, 11) is 0. The van der Waals surface area contributed by atoms with Crippen LogP contribution in [0.3, 0.4) is 0 Å². The second-order valence-electron chi connectivity index (χ2n) is 5.85. The lowest BCUT2D eigenvalue weighted by Crippen LogP contribution is -2.29. The van der Waals surface area contributed by atoms with Crippen molar-refractivity contribution < 1.29 is 9.84 Å². The van der Waals surface area contributed by atoms with Crippen molar-refractivity contribution in [1.29, 1.82) is 0 Å². The fourth-order valence-electron chi connectivity index (χ4n) is 2.91. The van der Waals surface area contributed by atoms with E-state index in [4.69, 9.17) is 16.3 Å². The standard InChI is InChI=1S/C17H20ClN3O2/c18-13-4-6-15(7-5-13)23-16-9-19-11-20-17(16)21-14-3-1-2-12(8-14)10-22/h4-7,9,11-12,14,22H,1-3,8,10H2,(H,19,20,21)/t12-,14-/m0/s1.